The van der Waals surface area contributed by atoms with Gasteiger partial charge in [0.1, 0.15) is 0 Å². The van der Waals surface area contributed by atoms with Gasteiger partial charge in [-0.3, -0.25) is 0 Å². The predicted octanol–water partition coefficient (Wildman–Crippen LogP) is 2.06. The number of nitrogens with two attached hydrogens (primary N) is 1. The molecule has 3 heteroatoms. The van der Waals surface area contributed by atoms with Gasteiger partial charge < -0.3 is 15.5 Å². The van der Waals surface area contributed by atoms with E-state index in [0.717, 1.165) is 13.1 Å². The van der Waals surface area contributed by atoms with Crippen molar-refractivity contribution < 1.29 is 0 Å². The van der Waals surface area contributed by atoms with E-state index >= 15 is 0 Å². The van der Waals surface area contributed by atoms with E-state index in [1.54, 1.807) is 0 Å². The van der Waals surface area contributed by atoms with E-state index < -0.39 is 0 Å². The van der Waals surface area contributed by atoms with Crippen molar-refractivity contribution in [3.05, 3.63) is 35.4 Å². The standard InChI is InChI=1S/C16H27N3/c1-18(9-6-12-19-10-4-5-11-19)14-16-8-3-2-7-15(16)13-17/h2-3,7-8H,4-6,9-14,17H2,1H3. The lowest BCUT2D eigenvalue weighted by atomic mass is 10.1. The minimum Gasteiger partial charge on any atom is -0.326 e. The highest BCUT2D eigenvalue weighted by atomic mass is 15.1. The van der Waals surface area contributed by atoms with E-state index in [4.69, 9.17) is 5.73 Å². The number of hydrogen-bond donors (Lipinski definition) is 1. The number of rotatable bonds is 7. The largest absolute Gasteiger partial charge is 0.326 e. The number of nitrogens with zero attached hydrogens (tertiary/aromatic N) is 2. The van der Waals surface area contributed by atoms with Crippen LogP contribution in [0.15, 0.2) is 24.3 Å². The van der Waals surface area contributed by atoms with E-state index in [0.29, 0.717) is 6.54 Å². The van der Waals surface area contributed by atoms with Crippen molar-refractivity contribution in [2.45, 2.75) is 32.4 Å². The van der Waals surface area contributed by atoms with Crippen molar-refractivity contribution in [3.63, 3.8) is 0 Å². The zero-order valence-corrected chi connectivity index (χ0v) is 12.1. The lowest BCUT2D eigenvalue weighted by Gasteiger charge is -2.20. The maximum absolute atomic E-state index is 5.78. The Bertz CT molecular complexity index is 372. The van der Waals surface area contributed by atoms with Crippen molar-refractivity contribution in [1.82, 2.24) is 9.80 Å². The van der Waals surface area contributed by atoms with Crippen molar-refractivity contribution in [2.75, 3.05) is 33.2 Å². The van der Waals surface area contributed by atoms with Crippen LogP contribution in [0.5, 0.6) is 0 Å². The first-order valence-corrected chi connectivity index (χ1v) is 7.47. The molecule has 0 radical (unpaired) electrons. The lowest BCUT2D eigenvalue weighted by molar-refractivity contribution is 0.274. The van der Waals surface area contributed by atoms with E-state index in [1.807, 2.05) is 0 Å². The zero-order valence-electron chi connectivity index (χ0n) is 12.1. The predicted molar refractivity (Wildman–Crippen MR) is 81.0 cm³/mol. The highest BCUT2D eigenvalue weighted by Gasteiger charge is 2.11. The second kappa shape index (κ2) is 7.63. The molecule has 0 bridgehead atoms. The molecule has 1 aromatic carbocycles. The quantitative estimate of drug-likeness (QED) is 0.815. The second-order valence-corrected chi connectivity index (χ2v) is 5.61. The molecule has 0 aliphatic carbocycles. The van der Waals surface area contributed by atoms with Crippen LogP contribution in [0.4, 0.5) is 0 Å². The van der Waals surface area contributed by atoms with Crippen molar-refractivity contribution in [3.8, 4) is 0 Å². The van der Waals surface area contributed by atoms with Crippen LogP contribution in [-0.2, 0) is 13.1 Å². The summed E-state index contributed by atoms with van der Waals surface area (Å²) in [4.78, 5) is 4.99. The summed E-state index contributed by atoms with van der Waals surface area (Å²) in [5, 5.41) is 0. The third-order valence-electron chi connectivity index (χ3n) is 3.99. The molecule has 106 valence electrons. The van der Waals surface area contributed by atoms with E-state index in [9.17, 15) is 0 Å². The molecule has 0 spiro atoms. The normalized spacial score (nSPS) is 16.4. The Kier molecular flexibility index (Phi) is 5.83. The summed E-state index contributed by atoms with van der Waals surface area (Å²) in [5.74, 6) is 0. The minimum absolute atomic E-state index is 0.637. The molecular formula is C16H27N3. The summed E-state index contributed by atoms with van der Waals surface area (Å²) in [5.41, 5.74) is 8.43. The van der Waals surface area contributed by atoms with Crippen LogP contribution < -0.4 is 5.73 Å². The van der Waals surface area contributed by atoms with Crippen LogP contribution in [0.25, 0.3) is 0 Å². The van der Waals surface area contributed by atoms with Gasteiger partial charge in [0.25, 0.3) is 0 Å². The molecule has 1 heterocycles. The van der Waals surface area contributed by atoms with Gasteiger partial charge in [-0.05, 0) is 63.6 Å². The molecule has 3 nitrogen and oxygen atoms in total. The average molecular weight is 261 g/mol. The monoisotopic (exact) mass is 261 g/mol. The first-order valence-electron chi connectivity index (χ1n) is 7.47. The molecule has 2 rings (SSSR count). The maximum atomic E-state index is 5.78. The summed E-state index contributed by atoms with van der Waals surface area (Å²) in [6.45, 7) is 6.67. The van der Waals surface area contributed by atoms with Gasteiger partial charge in [-0.25, -0.2) is 0 Å². The molecule has 0 amide bonds. The smallest absolute Gasteiger partial charge is 0.0233 e. The van der Waals surface area contributed by atoms with Gasteiger partial charge in [0.05, 0.1) is 0 Å². The molecule has 1 aliphatic rings. The van der Waals surface area contributed by atoms with Gasteiger partial charge in [-0.2, -0.15) is 0 Å². The molecule has 1 fully saturated rings. The zero-order chi connectivity index (χ0) is 13.5. The number of hydrogen-bond acceptors (Lipinski definition) is 3. The van der Waals surface area contributed by atoms with Gasteiger partial charge in [-0.1, -0.05) is 24.3 Å². The van der Waals surface area contributed by atoms with Crippen molar-refractivity contribution in [1.29, 1.82) is 0 Å². The Labute approximate surface area is 117 Å². The third-order valence-corrected chi connectivity index (χ3v) is 3.99. The van der Waals surface area contributed by atoms with Crippen molar-refractivity contribution >= 4 is 0 Å². The molecule has 1 saturated heterocycles. The summed E-state index contributed by atoms with van der Waals surface area (Å²) >= 11 is 0. The molecule has 19 heavy (non-hydrogen) atoms. The van der Waals surface area contributed by atoms with Gasteiger partial charge in [0.15, 0.2) is 0 Å². The number of benzene rings is 1. The Morgan fingerprint density at radius 3 is 2.53 bits per heavy atom. The van der Waals surface area contributed by atoms with Gasteiger partial charge in [-0.15, -0.1) is 0 Å². The topological polar surface area (TPSA) is 32.5 Å². The summed E-state index contributed by atoms with van der Waals surface area (Å²) in [6, 6.07) is 8.50. The van der Waals surface area contributed by atoms with E-state index in [1.165, 1.54) is 50.0 Å². The molecule has 0 atom stereocenters. The lowest BCUT2D eigenvalue weighted by Crippen LogP contribution is -2.26. The van der Waals surface area contributed by atoms with Gasteiger partial charge in [0.2, 0.25) is 0 Å². The third kappa shape index (κ3) is 4.60. The molecule has 2 N–H and O–H groups in total. The highest BCUT2D eigenvalue weighted by molar-refractivity contribution is 5.26. The second-order valence-electron chi connectivity index (χ2n) is 5.61. The van der Waals surface area contributed by atoms with Gasteiger partial charge >= 0.3 is 0 Å². The van der Waals surface area contributed by atoms with Crippen LogP contribution in [0, 0.1) is 0 Å². The first-order chi connectivity index (χ1) is 9.29. The summed E-state index contributed by atoms with van der Waals surface area (Å²) < 4.78 is 0. The summed E-state index contributed by atoms with van der Waals surface area (Å²) in [7, 11) is 2.21. The van der Waals surface area contributed by atoms with Crippen LogP contribution in [-0.4, -0.2) is 43.0 Å². The molecule has 0 unspecified atom stereocenters. The molecule has 0 aromatic heterocycles. The van der Waals surface area contributed by atoms with E-state index in [2.05, 4.69) is 41.1 Å². The Hall–Kier alpha value is -0.900. The van der Waals surface area contributed by atoms with Crippen LogP contribution in [0.2, 0.25) is 0 Å². The minimum atomic E-state index is 0.637. The van der Waals surface area contributed by atoms with E-state index in [-0.39, 0.29) is 0 Å². The maximum Gasteiger partial charge on any atom is 0.0233 e. The van der Waals surface area contributed by atoms with Crippen LogP contribution in [0.1, 0.15) is 30.4 Å². The molecule has 1 aliphatic heterocycles. The van der Waals surface area contributed by atoms with Crippen LogP contribution >= 0.6 is 0 Å². The summed E-state index contributed by atoms with van der Waals surface area (Å²) in [6.07, 6.45) is 4.04. The Morgan fingerprint density at radius 1 is 1.16 bits per heavy atom. The molecular weight excluding hydrogens is 234 g/mol. The molecule has 0 saturated carbocycles. The fourth-order valence-electron chi connectivity index (χ4n) is 2.85. The average Bonchev–Trinajstić information content (AvgIpc) is 2.92. The highest BCUT2D eigenvalue weighted by Crippen LogP contribution is 2.11. The fraction of sp³-hybridized carbons (Fsp3) is 0.625. The van der Waals surface area contributed by atoms with Crippen LogP contribution in [0.3, 0.4) is 0 Å². The van der Waals surface area contributed by atoms with Gasteiger partial charge in [0, 0.05) is 13.1 Å². The fourth-order valence-corrected chi connectivity index (χ4v) is 2.85. The Morgan fingerprint density at radius 2 is 1.84 bits per heavy atom. The Balaban J connectivity index is 1.72. The van der Waals surface area contributed by atoms with Crippen molar-refractivity contribution in [2.24, 2.45) is 5.73 Å². The molecule has 1 aromatic rings. The number of likely N-dealkylation sites (tertiary alicyclic amines) is 1. The SMILES string of the molecule is CN(CCCN1CCCC1)Cc1ccccc1CN. The first kappa shape index (κ1) is 14.5.